The highest BCUT2D eigenvalue weighted by Crippen LogP contribution is 2.45. The normalized spacial score (nSPS) is 10.5. The van der Waals surface area contributed by atoms with Gasteiger partial charge in [0.25, 0.3) is 0 Å². The number of fused-ring (bicyclic) bond motifs is 1. The van der Waals surface area contributed by atoms with Crippen LogP contribution in [0.1, 0.15) is 0 Å². The lowest BCUT2D eigenvalue weighted by molar-refractivity contribution is -0.383. The quantitative estimate of drug-likeness (QED) is 0.562. The van der Waals surface area contributed by atoms with Crippen LogP contribution in [0.15, 0.2) is 36.4 Å². The third-order valence-corrected chi connectivity index (χ3v) is 4.20. The zero-order valence-corrected chi connectivity index (χ0v) is 13.2. The first-order valence-corrected chi connectivity index (χ1v) is 7.47. The lowest BCUT2D eigenvalue weighted by Crippen LogP contribution is -1.96. The summed E-state index contributed by atoms with van der Waals surface area (Å²) < 4.78 is 10.8. The van der Waals surface area contributed by atoms with Crippen LogP contribution in [-0.4, -0.2) is 24.1 Å². The van der Waals surface area contributed by atoms with Crippen molar-refractivity contribution in [2.75, 3.05) is 19.5 Å². The maximum atomic E-state index is 11.4. The molecule has 7 nitrogen and oxygen atoms in total. The Morgan fingerprint density at radius 1 is 1.17 bits per heavy atom. The first-order valence-electron chi connectivity index (χ1n) is 6.66. The number of rotatable bonds is 5. The van der Waals surface area contributed by atoms with Crippen molar-refractivity contribution in [2.24, 2.45) is 0 Å². The van der Waals surface area contributed by atoms with Gasteiger partial charge in [0, 0.05) is 11.8 Å². The fraction of sp³-hybridized carbons (Fsp3) is 0.133. The summed E-state index contributed by atoms with van der Waals surface area (Å²) >= 11 is 1.18. The molecule has 8 heteroatoms. The lowest BCUT2D eigenvalue weighted by Gasteiger charge is -2.05. The minimum Gasteiger partial charge on any atom is -0.494 e. The number of hydrogen-bond donors (Lipinski definition) is 1. The molecule has 0 aliphatic rings. The predicted molar refractivity (Wildman–Crippen MR) is 89.1 cm³/mol. The molecule has 0 spiro atoms. The average Bonchev–Trinajstić information content (AvgIpc) is 2.96. The van der Waals surface area contributed by atoms with E-state index in [1.807, 2.05) is 30.3 Å². The van der Waals surface area contributed by atoms with Gasteiger partial charge < -0.3 is 14.8 Å². The Kier molecular flexibility index (Phi) is 3.98. The van der Waals surface area contributed by atoms with Crippen LogP contribution in [0.5, 0.6) is 11.5 Å². The number of nitro groups is 1. The summed E-state index contributed by atoms with van der Waals surface area (Å²) in [6.45, 7) is 0. The van der Waals surface area contributed by atoms with Gasteiger partial charge in [0.05, 0.1) is 19.1 Å². The van der Waals surface area contributed by atoms with Crippen LogP contribution in [0.2, 0.25) is 0 Å². The fourth-order valence-electron chi connectivity index (χ4n) is 2.20. The summed E-state index contributed by atoms with van der Waals surface area (Å²) in [7, 11) is 2.88. The predicted octanol–water partition coefficient (Wildman–Crippen LogP) is 3.97. The van der Waals surface area contributed by atoms with Gasteiger partial charge in [0.2, 0.25) is 5.75 Å². The molecular formula is C15H13N3O4S. The summed E-state index contributed by atoms with van der Waals surface area (Å²) in [5.74, 6) is 0.578. The van der Waals surface area contributed by atoms with E-state index in [4.69, 9.17) is 9.47 Å². The van der Waals surface area contributed by atoms with E-state index in [9.17, 15) is 10.1 Å². The number of nitrogens with zero attached hydrogens (tertiary/aromatic N) is 2. The molecule has 0 atom stereocenters. The number of benzene rings is 2. The third kappa shape index (κ3) is 2.76. The van der Waals surface area contributed by atoms with Crippen molar-refractivity contribution in [3.63, 3.8) is 0 Å². The van der Waals surface area contributed by atoms with Crippen molar-refractivity contribution in [2.45, 2.75) is 0 Å². The molecule has 0 fully saturated rings. The Labute approximate surface area is 135 Å². The van der Waals surface area contributed by atoms with Gasteiger partial charge in [-0.25, -0.2) is 4.98 Å². The molecule has 23 heavy (non-hydrogen) atoms. The highest BCUT2D eigenvalue weighted by molar-refractivity contribution is 7.22. The molecule has 2 aromatic carbocycles. The smallest absolute Gasteiger partial charge is 0.330 e. The van der Waals surface area contributed by atoms with Crippen LogP contribution in [0, 0.1) is 10.1 Å². The van der Waals surface area contributed by atoms with Crippen molar-refractivity contribution in [3.8, 4) is 11.5 Å². The fourth-order valence-corrected chi connectivity index (χ4v) is 3.21. The second kappa shape index (κ2) is 6.09. The number of nitro benzene ring substituents is 1. The van der Waals surface area contributed by atoms with Gasteiger partial charge in [-0.2, -0.15) is 0 Å². The molecule has 0 bridgehead atoms. The number of methoxy groups -OCH3 is 2. The monoisotopic (exact) mass is 331 g/mol. The molecule has 118 valence electrons. The molecule has 1 N–H and O–H groups in total. The Bertz CT molecular complexity index is 864. The number of nitrogens with one attached hydrogen (secondary N) is 1. The zero-order valence-electron chi connectivity index (χ0n) is 12.4. The van der Waals surface area contributed by atoms with Crippen LogP contribution in [0.3, 0.4) is 0 Å². The van der Waals surface area contributed by atoms with Crippen molar-refractivity contribution in [1.29, 1.82) is 0 Å². The van der Waals surface area contributed by atoms with Crippen molar-refractivity contribution in [1.82, 2.24) is 4.98 Å². The highest BCUT2D eigenvalue weighted by Gasteiger charge is 2.26. The minimum absolute atomic E-state index is 0.109. The van der Waals surface area contributed by atoms with E-state index in [0.29, 0.717) is 21.1 Å². The maximum absolute atomic E-state index is 11.4. The van der Waals surface area contributed by atoms with E-state index in [-0.39, 0.29) is 11.4 Å². The largest absolute Gasteiger partial charge is 0.494 e. The van der Waals surface area contributed by atoms with Gasteiger partial charge in [-0.3, -0.25) is 10.1 Å². The van der Waals surface area contributed by atoms with E-state index in [1.165, 1.54) is 31.6 Å². The molecule has 0 radical (unpaired) electrons. The first-order chi connectivity index (χ1) is 11.1. The molecule has 3 aromatic rings. The van der Waals surface area contributed by atoms with Crippen LogP contribution in [-0.2, 0) is 0 Å². The number of ether oxygens (including phenoxy) is 2. The number of aromatic nitrogens is 1. The summed E-state index contributed by atoms with van der Waals surface area (Å²) in [4.78, 5) is 15.4. The Balaban J connectivity index is 2.17. The van der Waals surface area contributed by atoms with E-state index in [0.717, 1.165) is 5.69 Å². The number of thiazole rings is 1. The van der Waals surface area contributed by atoms with Crippen molar-refractivity contribution < 1.29 is 14.4 Å². The summed E-state index contributed by atoms with van der Waals surface area (Å²) in [6, 6.07) is 10.9. The standard InChI is InChI=1S/C15H13N3O4S/c1-21-10-8-11(22-2)13(18(19)20)14-12(10)17-15(23-14)16-9-6-4-3-5-7-9/h3-8H,1-2H3,(H,16,17). The van der Waals surface area contributed by atoms with Gasteiger partial charge in [0.1, 0.15) is 16.0 Å². The maximum Gasteiger partial charge on any atom is 0.330 e. The van der Waals surface area contributed by atoms with Gasteiger partial charge in [0.15, 0.2) is 5.13 Å². The van der Waals surface area contributed by atoms with Crippen molar-refractivity contribution in [3.05, 3.63) is 46.5 Å². The molecule has 0 amide bonds. The average molecular weight is 331 g/mol. The second-order valence-electron chi connectivity index (χ2n) is 4.57. The van der Waals surface area contributed by atoms with Gasteiger partial charge >= 0.3 is 5.69 Å². The van der Waals surface area contributed by atoms with Crippen LogP contribution < -0.4 is 14.8 Å². The molecule has 1 heterocycles. The Morgan fingerprint density at radius 2 is 1.87 bits per heavy atom. The summed E-state index contributed by atoms with van der Waals surface area (Å²) in [6.07, 6.45) is 0. The molecule has 1 aromatic heterocycles. The molecular weight excluding hydrogens is 318 g/mol. The van der Waals surface area contributed by atoms with E-state index in [2.05, 4.69) is 10.3 Å². The Hall–Kier alpha value is -2.87. The van der Waals surface area contributed by atoms with E-state index >= 15 is 0 Å². The number of anilines is 2. The topological polar surface area (TPSA) is 86.5 Å². The molecule has 0 unspecified atom stereocenters. The summed E-state index contributed by atoms with van der Waals surface area (Å²) in [5, 5.41) is 15.1. The number of hydrogen-bond acceptors (Lipinski definition) is 7. The SMILES string of the molecule is COc1cc(OC)c2nc(Nc3ccccc3)sc2c1[N+](=O)[O-]. The van der Waals surface area contributed by atoms with Crippen molar-refractivity contribution >= 4 is 38.1 Å². The van der Waals surface area contributed by atoms with Gasteiger partial charge in [-0.15, -0.1) is 0 Å². The molecule has 0 aliphatic heterocycles. The van der Waals surface area contributed by atoms with Crippen LogP contribution in [0.25, 0.3) is 10.2 Å². The molecule has 3 rings (SSSR count). The lowest BCUT2D eigenvalue weighted by atomic mass is 10.2. The van der Waals surface area contributed by atoms with E-state index in [1.54, 1.807) is 0 Å². The van der Waals surface area contributed by atoms with Gasteiger partial charge in [-0.05, 0) is 12.1 Å². The zero-order chi connectivity index (χ0) is 16.4. The summed E-state index contributed by atoms with van der Waals surface area (Å²) in [5.41, 5.74) is 1.17. The molecule has 0 saturated heterocycles. The minimum atomic E-state index is -0.467. The highest BCUT2D eigenvalue weighted by atomic mass is 32.1. The second-order valence-corrected chi connectivity index (χ2v) is 5.57. The number of para-hydroxylation sites is 1. The first kappa shape index (κ1) is 15.0. The van der Waals surface area contributed by atoms with Crippen LogP contribution >= 0.6 is 11.3 Å². The molecule has 0 saturated carbocycles. The Morgan fingerprint density at radius 3 is 2.48 bits per heavy atom. The van der Waals surface area contributed by atoms with Gasteiger partial charge in [-0.1, -0.05) is 29.5 Å². The molecule has 0 aliphatic carbocycles. The van der Waals surface area contributed by atoms with Crippen LogP contribution in [0.4, 0.5) is 16.5 Å². The third-order valence-electron chi connectivity index (χ3n) is 3.22. The van der Waals surface area contributed by atoms with E-state index < -0.39 is 4.92 Å².